The first kappa shape index (κ1) is 8.78. The summed E-state index contributed by atoms with van der Waals surface area (Å²) in [5.74, 6) is 0. The van der Waals surface area contributed by atoms with Crippen molar-refractivity contribution >= 4 is 44.7 Å². The summed E-state index contributed by atoms with van der Waals surface area (Å²) in [6.45, 7) is 0. The van der Waals surface area contributed by atoms with E-state index in [0.717, 1.165) is 21.7 Å². The molecule has 1 aromatic carbocycles. The van der Waals surface area contributed by atoms with E-state index >= 15 is 0 Å². The van der Waals surface area contributed by atoms with E-state index in [1.165, 1.54) is 0 Å². The van der Waals surface area contributed by atoms with Gasteiger partial charge in [-0.2, -0.15) is 0 Å². The van der Waals surface area contributed by atoms with Gasteiger partial charge in [-0.05, 0) is 34.1 Å². The normalized spacial score (nSPS) is 10.6. The molecule has 0 spiro atoms. The molecule has 0 fully saturated rings. The van der Waals surface area contributed by atoms with Crippen LogP contribution in [-0.2, 0) is 0 Å². The van der Waals surface area contributed by atoms with Crippen LogP contribution in [0, 0.1) is 0 Å². The maximum absolute atomic E-state index is 10.5. The number of aromatic amines is 1. The number of fused-ring (bicyclic) bond motifs is 1. The summed E-state index contributed by atoms with van der Waals surface area (Å²) < 4.78 is 0.820. The van der Waals surface area contributed by atoms with Gasteiger partial charge in [0.15, 0.2) is 6.29 Å². The fourth-order valence-electron chi connectivity index (χ4n) is 1.21. The lowest BCUT2D eigenvalue weighted by Gasteiger charge is -1.94. The van der Waals surface area contributed by atoms with Crippen LogP contribution in [-0.4, -0.2) is 11.3 Å². The lowest BCUT2D eigenvalue weighted by Crippen LogP contribution is -1.74. The molecule has 0 aliphatic rings. The molecule has 0 radical (unpaired) electrons. The first-order valence-corrected chi connectivity index (χ1v) is 4.81. The Kier molecular flexibility index (Phi) is 2.14. The summed E-state index contributed by atoms with van der Waals surface area (Å²) in [7, 11) is 0. The van der Waals surface area contributed by atoms with Gasteiger partial charge < -0.3 is 4.98 Å². The molecular formula is C9H5BrClNO. The Morgan fingerprint density at radius 1 is 1.38 bits per heavy atom. The zero-order valence-corrected chi connectivity index (χ0v) is 8.82. The average molecular weight is 259 g/mol. The molecule has 0 saturated carbocycles. The Morgan fingerprint density at radius 3 is 2.85 bits per heavy atom. The zero-order chi connectivity index (χ0) is 9.42. The van der Waals surface area contributed by atoms with Gasteiger partial charge in [0.1, 0.15) is 0 Å². The van der Waals surface area contributed by atoms with Gasteiger partial charge in [-0.3, -0.25) is 4.79 Å². The van der Waals surface area contributed by atoms with Gasteiger partial charge in [-0.15, -0.1) is 0 Å². The second-order valence-electron chi connectivity index (χ2n) is 2.70. The number of halogens is 2. The van der Waals surface area contributed by atoms with E-state index in [0.29, 0.717) is 10.7 Å². The number of nitrogens with one attached hydrogen (secondary N) is 1. The minimum Gasteiger partial charge on any atom is -0.352 e. The zero-order valence-electron chi connectivity index (χ0n) is 6.47. The number of H-pyrrole nitrogens is 1. The van der Waals surface area contributed by atoms with Crippen molar-refractivity contribution in [2.45, 2.75) is 0 Å². The van der Waals surface area contributed by atoms with Crippen LogP contribution in [0.3, 0.4) is 0 Å². The highest BCUT2D eigenvalue weighted by Crippen LogP contribution is 2.28. The second-order valence-corrected chi connectivity index (χ2v) is 3.96. The van der Waals surface area contributed by atoms with Gasteiger partial charge in [0.25, 0.3) is 0 Å². The predicted molar refractivity (Wildman–Crippen MR) is 56.4 cm³/mol. The molecule has 0 aliphatic carbocycles. The Morgan fingerprint density at radius 2 is 2.15 bits per heavy atom. The summed E-state index contributed by atoms with van der Waals surface area (Å²) in [5.41, 5.74) is 1.46. The molecule has 0 aliphatic heterocycles. The number of benzene rings is 1. The highest BCUT2D eigenvalue weighted by Gasteiger charge is 2.03. The standard InChI is InChI=1S/C9H5BrClNO/c10-7-3-9-5(2-8(7)11)1-6(4-13)12-9/h1-4,12H. The third-order valence-electron chi connectivity index (χ3n) is 1.81. The molecule has 0 atom stereocenters. The van der Waals surface area contributed by atoms with Crippen molar-refractivity contribution in [2.75, 3.05) is 0 Å². The number of rotatable bonds is 1. The summed E-state index contributed by atoms with van der Waals surface area (Å²) in [6, 6.07) is 5.43. The van der Waals surface area contributed by atoms with Crippen molar-refractivity contribution in [3.05, 3.63) is 33.4 Å². The van der Waals surface area contributed by atoms with Crippen LogP contribution in [0.4, 0.5) is 0 Å². The van der Waals surface area contributed by atoms with E-state index in [-0.39, 0.29) is 0 Å². The van der Waals surface area contributed by atoms with Gasteiger partial charge in [-0.25, -0.2) is 0 Å². The fourth-order valence-corrected chi connectivity index (χ4v) is 1.73. The van der Waals surface area contributed by atoms with Crippen molar-refractivity contribution in [1.29, 1.82) is 0 Å². The second kappa shape index (κ2) is 3.16. The molecule has 2 rings (SSSR count). The lowest BCUT2D eigenvalue weighted by molar-refractivity contribution is 0.112. The first-order chi connectivity index (χ1) is 6.20. The van der Waals surface area contributed by atoms with E-state index < -0.39 is 0 Å². The van der Waals surface area contributed by atoms with E-state index in [2.05, 4.69) is 20.9 Å². The molecule has 0 amide bonds. The SMILES string of the molecule is O=Cc1cc2cc(Cl)c(Br)cc2[nH]1. The van der Waals surface area contributed by atoms with Crippen molar-refractivity contribution in [3.8, 4) is 0 Å². The molecule has 2 aromatic rings. The van der Waals surface area contributed by atoms with Crippen molar-refractivity contribution < 1.29 is 4.79 Å². The minimum atomic E-state index is 0.559. The van der Waals surface area contributed by atoms with E-state index in [9.17, 15) is 4.79 Å². The molecular weight excluding hydrogens is 253 g/mol. The summed E-state index contributed by atoms with van der Waals surface area (Å²) >= 11 is 9.20. The third kappa shape index (κ3) is 1.49. The van der Waals surface area contributed by atoms with Crippen LogP contribution in [0.2, 0.25) is 5.02 Å². The molecule has 66 valence electrons. The molecule has 0 bridgehead atoms. The highest BCUT2D eigenvalue weighted by atomic mass is 79.9. The summed E-state index contributed by atoms with van der Waals surface area (Å²) in [4.78, 5) is 13.4. The molecule has 13 heavy (non-hydrogen) atoms. The molecule has 4 heteroatoms. The van der Waals surface area contributed by atoms with Crippen LogP contribution >= 0.6 is 27.5 Å². The fraction of sp³-hybridized carbons (Fsp3) is 0. The van der Waals surface area contributed by atoms with Crippen LogP contribution < -0.4 is 0 Å². The van der Waals surface area contributed by atoms with Crippen molar-refractivity contribution in [3.63, 3.8) is 0 Å². The van der Waals surface area contributed by atoms with E-state index in [1.54, 1.807) is 6.07 Å². The van der Waals surface area contributed by atoms with Crippen LogP contribution in [0.5, 0.6) is 0 Å². The Hall–Kier alpha value is -0.800. The van der Waals surface area contributed by atoms with Gasteiger partial charge in [0.05, 0.1) is 10.7 Å². The summed E-state index contributed by atoms with van der Waals surface area (Å²) in [6.07, 6.45) is 0.780. The van der Waals surface area contributed by atoms with Gasteiger partial charge in [0.2, 0.25) is 0 Å². The number of hydrogen-bond acceptors (Lipinski definition) is 1. The molecule has 0 unspecified atom stereocenters. The molecule has 1 N–H and O–H groups in total. The van der Waals surface area contributed by atoms with Crippen molar-refractivity contribution in [2.24, 2.45) is 0 Å². The smallest absolute Gasteiger partial charge is 0.166 e. The van der Waals surface area contributed by atoms with Gasteiger partial charge in [0, 0.05) is 15.4 Å². The maximum Gasteiger partial charge on any atom is 0.166 e. The first-order valence-electron chi connectivity index (χ1n) is 3.63. The molecule has 1 heterocycles. The highest BCUT2D eigenvalue weighted by molar-refractivity contribution is 9.10. The molecule has 1 aromatic heterocycles. The van der Waals surface area contributed by atoms with Crippen molar-refractivity contribution in [1.82, 2.24) is 4.98 Å². The number of carbonyl (C=O) groups is 1. The predicted octanol–water partition coefficient (Wildman–Crippen LogP) is 3.40. The number of aldehydes is 1. The van der Waals surface area contributed by atoms with E-state index in [1.807, 2.05) is 12.1 Å². The van der Waals surface area contributed by atoms with Crippen LogP contribution in [0.25, 0.3) is 10.9 Å². The van der Waals surface area contributed by atoms with Gasteiger partial charge >= 0.3 is 0 Å². The number of aromatic nitrogens is 1. The Balaban J connectivity index is 2.77. The molecule has 0 saturated heterocycles. The van der Waals surface area contributed by atoms with E-state index in [4.69, 9.17) is 11.6 Å². The van der Waals surface area contributed by atoms with Crippen LogP contribution in [0.15, 0.2) is 22.7 Å². The largest absolute Gasteiger partial charge is 0.352 e. The summed E-state index contributed by atoms with van der Waals surface area (Å²) in [5, 5.41) is 1.58. The maximum atomic E-state index is 10.5. The number of carbonyl (C=O) groups excluding carboxylic acids is 1. The average Bonchev–Trinajstić information content (AvgIpc) is 2.48. The van der Waals surface area contributed by atoms with Crippen LogP contribution in [0.1, 0.15) is 10.5 Å². The topological polar surface area (TPSA) is 32.9 Å². The number of hydrogen-bond donors (Lipinski definition) is 1. The Labute approximate surface area is 88.0 Å². The lowest BCUT2D eigenvalue weighted by atomic mass is 10.2. The third-order valence-corrected chi connectivity index (χ3v) is 3.01. The quantitative estimate of drug-likeness (QED) is 0.781. The minimum absolute atomic E-state index is 0.559. The molecule has 2 nitrogen and oxygen atoms in total. The monoisotopic (exact) mass is 257 g/mol. The van der Waals surface area contributed by atoms with Gasteiger partial charge in [-0.1, -0.05) is 11.6 Å². The Bertz CT molecular complexity index is 439.